The van der Waals surface area contributed by atoms with E-state index in [9.17, 15) is 19.8 Å². The van der Waals surface area contributed by atoms with Crippen LogP contribution >= 0.6 is 0 Å². The number of hydrogen-bond donors (Lipinski definition) is 3. The van der Waals surface area contributed by atoms with Crippen LogP contribution in [-0.4, -0.2) is 57.8 Å². The smallest absolute Gasteiger partial charge is 0.317 e. The summed E-state index contributed by atoms with van der Waals surface area (Å²) in [7, 11) is 0. The molecule has 276 valence electrons. The SMILES string of the molecule is CC1=CCCC2(C)C(CCC2(O)CN(CC23CC4CC(CC(C4)C2)C3)C(=O)NC(C)C)c2ccc(cc2C(=O)C2CCCCC2)CC(O)CC1. The number of rotatable bonds is 7. The van der Waals surface area contributed by atoms with Gasteiger partial charge < -0.3 is 20.4 Å². The van der Waals surface area contributed by atoms with Gasteiger partial charge in [-0.3, -0.25) is 4.79 Å². The first-order valence-corrected chi connectivity index (χ1v) is 20.6. The van der Waals surface area contributed by atoms with Gasteiger partial charge in [0.05, 0.1) is 18.2 Å². The number of carbonyl (C=O) groups is 2. The van der Waals surface area contributed by atoms with Crippen LogP contribution in [0, 0.1) is 34.5 Å². The van der Waals surface area contributed by atoms with Crippen molar-refractivity contribution in [3.05, 3.63) is 46.5 Å². The van der Waals surface area contributed by atoms with Gasteiger partial charge in [0, 0.05) is 29.5 Å². The van der Waals surface area contributed by atoms with E-state index in [0.29, 0.717) is 25.8 Å². The van der Waals surface area contributed by atoms with Crippen molar-refractivity contribution in [1.29, 1.82) is 0 Å². The second-order valence-electron chi connectivity index (χ2n) is 19.0. The van der Waals surface area contributed by atoms with Gasteiger partial charge in [0.2, 0.25) is 0 Å². The van der Waals surface area contributed by atoms with Gasteiger partial charge in [-0.05, 0) is 163 Å². The molecule has 6 bridgehead atoms. The van der Waals surface area contributed by atoms with E-state index in [1.807, 2.05) is 18.7 Å². The molecule has 8 aliphatic carbocycles. The summed E-state index contributed by atoms with van der Waals surface area (Å²) in [5.74, 6) is 2.70. The lowest BCUT2D eigenvalue weighted by Crippen LogP contribution is -2.59. The number of amides is 2. The molecule has 6 heteroatoms. The molecule has 4 unspecified atom stereocenters. The highest BCUT2D eigenvalue weighted by Crippen LogP contribution is 2.62. The van der Waals surface area contributed by atoms with Gasteiger partial charge in [-0.25, -0.2) is 4.79 Å². The Balaban J connectivity index is 1.25. The quantitative estimate of drug-likeness (QED) is 0.197. The minimum Gasteiger partial charge on any atom is -0.393 e. The van der Waals surface area contributed by atoms with Gasteiger partial charge in [0.25, 0.3) is 0 Å². The molecule has 1 aromatic carbocycles. The fourth-order valence-electron chi connectivity index (χ4n) is 12.5. The lowest BCUT2D eigenvalue weighted by molar-refractivity contribution is -0.0985. The topological polar surface area (TPSA) is 89.9 Å². The molecule has 6 nitrogen and oxygen atoms in total. The Kier molecular flexibility index (Phi) is 10.4. The largest absolute Gasteiger partial charge is 0.393 e. The highest BCUT2D eigenvalue weighted by molar-refractivity contribution is 5.99. The Hall–Kier alpha value is -2.18. The molecular formula is C44H66N2O4. The maximum Gasteiger partial charge on any atom is 0.317 e. The minimum atomic E-state index is -1.09. The van der Waals surface area contributed by atoms with E-state index in [1.54, 1.807) is 0 Å². The molecule has 9 rings (SSSR count). The number of Topliss-reactive ketones (excluding diaryl/α,β-unsaturated/α-hetero) is 1. The average Bonchev–Trinajstić information content (AvgIpc) is 3.31. The summed E-state index contributed by atoms with van der Waals surface area (Å²) in [4.78, 5) is 30.7. The molecule has 0 heterocycles. The number of ketones is 1. The van der Waals surface area contributed by atoms with Gasteiger partial charge in [-0.15, -0.1) is 0 Å². The van der Waals surface area contributed by atoms with Gasteiger partial charge in [0.1, 0.15) is 0 Å². The number of fused-ring (bicyclic) bond motifs is 8. The van der Waals surface area contributed by atoms with Crippen molar-refractivity contribution in [2.45, 2.75) is 167 Å². The summed E-state index contributed by atoms with van der Waals surface area (Å²) in [5.41, 5.74) is 2.76. The molecule has 0 aromatic heterocycles. The zero-order valence-corrected chi connectivity index (χ0v) is 31.7. The number of nitrogens with zero attached hydrogens (tertiary/aromatic N) is 1. The van der Waals surface area contributed by atoms with Crippen molar-refractivity contribution >= 4 is 11.8 Å². The number of urea groups is 1. The lowest BCUT2D eigenvalue weighted by Gasteiger charge is -2.58. The second-order valence-corrected chi connectivity index (χ2v) is 19.0. The first-order valence-electron chi connectivity index (χ1n) is 20.6. The van der Waals surface area contributed by atoms with Crippen molar-refractivity contribution in [2.24, 2.45) is 34.5 Å². The molecule has 6 fully saturated rings. The Bertz CT molecular complexity index is 1410. The van der Waals surface area contributed by atoms with Crippen LogP contribution in [0.5, 0.6) is 0 Å². The maximum atomic E-state index is 14.5. The number of allylic oxidation sites excluding steroid dienone is 2. The third kappa shape index (κ3) is 7.23. The Morgan fingerprint density at radius 2 is 1.62 bits per heavy atom. The first kappa shape index (κ1) is 36.2. The van der Waals surface area contributed by atoms with E-state index in [2.05, 4.69) is 43.4 Å². The predicted octanol–water partition coefficient (Wildman–Crippen LogP) is 9.12. The molecule has 4 atom stereocenters. The summed E-state index contributed by atoms with van der Waals surface area (Å²) in [6.45, 7) is 9.57. The molecule has 2 amide bonds. The molecule has 50 heavy (non-hydrogen) atoms. The Morgan fingerprint density at radius 1 is 0.940 bits per heavy atom. The van der Waals surface area contributed by atoms with Crippen LogP contribution in [0.15, 0.2) is 29.8 Å². The molecule has 3 N–H and O–H groups in total. The minimum absolute atomic E-state index is 0.000204. The van der Waals surface area contributed by atoms with Crippen molar-refractivity contribution < 1.29 is 19.8 Å². The molecule has 1 aromatic rings. The fourth-order valence-corrected chi connectivity index (χ4v) is 12.5. The van der Waals surface area contributed by atoms with E-state index in [0.717, 1.165) is 92.4 Å². The van der Waals surface area contributed by atoms with Crippen molar-refractivity contribution in [1.82, 2.24) is 10.2 Å². The van der Waals surface area contributed by atoms with Crippen LogP contribution in [0.2, 0.25) is 0 Å². The van der Waals surface area contributed by atoms with Gasteiger partial charge in [-0.1, -0.05) is 50.0 Å². The molecule has 0 spiro atoms. The normalized spacial score (nSPS) is 37.3. The zero-order valence-electron chi connectivity index (χ0n) is 31.7. The summed E-state index contributed by atoms with van der Waals surface area (Å²) < 4.78 is 0. The average molecular weight is 687 g/mol. The van der Waals surface area contributed by atoms with Gasteiger partial charge >= 0.3 is 6.03 Å². The van der Waals surface area contributed by atoms with Crippen LogP contribution in [0.3, 0.4) is 0 Å². The van der Waals surface area contributed by atoms with Crippen LogP contribution in [-0.2, 0) is 6.42 Å². The Labute approximate surface area is 302 Å². The van der Waals surface area contributed by atoms with E-state index in [4.69, 9.17) is 0 Å². The maximum absolute atomic E-state index is 14.5. The third-order valence-electron chi connectivity index (χ3n) is 14.8. The van der Waals surface area contributed by atoms with Crippen molar-refractivity contribution in [2.75, 3.05) is 13.1 Å². The summed E-state index contributed by atoms with van der Waals surface area (Å²) >= 11 is 0. The number of benzene rings is 1. The van der Waals surface area contributed by atoms with E-state index in [1.165, 1.54) is 50.5 Å². The number of aliphatic hydroxyl groups is 2. The number of hydrogen-bond acceptors (Lipinski definition) is 4. The van der Waals surface area contributed by atoms with E-state index >= 15 is 0 Å². The van der Waals surface area contributed by atoms with Crippen molar-refractivity contribution in [3.8, 4) is 0 Å². The zero-order chi connectivity index (χ0) is 35.3. The van der Waals surface area contributed by atoms with Crippen LogP contribution in [0.25, 0.3) is 0 Å². The monoisotopic (exact) mass is 687 g/mol. The number of carbonyl (C=O) groups excluding carboxylic acids is 2. The van der Waals surface area contributed by atoms with Gasteiger partial charge in [0.15, 0.2) is 5.78 Å². The molecule has 6 saturated carbocycles. The Morgan fingerprint density at radius 3 is 2.28 bits per heavy atom. The predicted molar refractivity (Wildman–Crippen MR) is 200 cm³/mol. The summed E-state index contributed by atoms with van der Waals surface area (Å²) in [6.07, 6.45) is 20.1. The van der Waals surface area contributed by atoms with Crippen molar-refractivity contribution in [3.63, 3.8) is 0 Å². The van der Waals surface area contributed by atoms with E-state index < -0.39 is 17.1 Å². The summed E-state index contributed by atoms with van der Waals surface area (Å²) in [5, 5.41) is 27.4. The highest BCUT2D eigenvalue weighted by Gasteiger charge is 2.59. The first-order chi connectivity index (χ1) is 23.9. The lowest BCUT2D eigenvalue weighted by atomic mass is 9.49. The standard InChI is InChI=1S/C44H66N2O4/c1-29(2)45-41(49)46(27-43-24-32-19-33(25-43)21-34(20-32)26-43)28-44(50)18-16-39-37-15-13-31(23-38(37)40(48)35-10-6-5-7-11-35)22-36(47)14-12-30(3)9-8-17-42(39,44)4/h9,13,15,23,29,32-36,39,47,50H,5-8,10-12,14,16-22,24-28H2,1-4H3,(H,45,49). The van der Waals surface area contributed by atoms with E-state index in [-0.39, 0.29) is 35.1 Å². The fraction of sp³-hybridized carbons (Fsp3) is 0.773. The number of aliphatic hydroxyl groups excluding tert-OH is 1. The van der Waals surface area contributed by atoms with Crippen LogP contribution in [0.1, 0.15) is 164 Å². The summed E-state index contributed by atoms with van der Waals surface area (Å²) in [6, 6.07) is 6.41. The number of nitrogens with one attached hydrogen (secondary N) is 1. The van der Waals surface area contributed by atoms with Crippen LogP contribution < -0.4 is 5.32 Å². The molecular weight excluding hydrogens is 620 g/mol. The molecule has 8 aliphatic rings. The molecule has 0 saturated heterocycles. The second kappa shape index (κ2) is 14.3. The third-order valence-corrected chi connectivity index (χ3v) is 14.8. The molecule has 0 aliphatic heterocycles. The van der Waals surface area contributed by atoms with Gasteiger partial charge in [-0.2, -0.15) is 0 Å². The molecule has 0 radical (unpaired) electrons. The highest BCUT2D eigenvalue weighted by atomic mass is 16.3. The van der Waals surface area contributed by atoms with Crippen LogP contribution in [0.4, 0.5) is 4.79 Å².